The lowest BCUT2D eigenvalue weighted by Crippen LogP contribution is -2.60. The van der Waals surface area contributed by atoms with Crippen LogP contribution in [0, 0.1) is 11.8 Å². The zero-order valence-electron chi connectivity index (χ0n) is 14.0. The maximum atomic E-state index is 4.46. The Morgan fingerprint density at radius 2 is 2.14 bits per heavy atom. The second kappa shape index (κ2) is 7.90. The first-order chi connectivity index (χ1) is 10.1. The standard InChI is InChI=1S/C18H31N3/c1-5-15(4)17-13-21(18(12-20-17)14(2)3)11-9-16-8-6-7-10-19-16/h6-8,10,14-15,17-18,20H,5,9,11-13H2,1-4H3. The molecule has 3 atom stereocenters. The maximum absolute atomic E-state index is 4.46. The van der Waals surface area contributed by atoms with Crippen LogP contribution in [0.3, 0.4) is 0 Å². The fourth-order valence-electron chi connectivity index (χ4n) is 3.24. The van der Waals surface area contributed by atoms with Gasteiger partial charge in [0, 0.05) is 50.0 Å². The van der Waals surface area contributed by atoms with Gasteiger partial charge in [0.15, 0.2) is 0 Å². The van der Waals surface area contributed by atoms with E-state index < -0.39 is 0 Å². The van der Waals surface area contributed by atoms with E-state index in [0.29, 0.717) is 18.0 Å². The largest absolute Gasteiger partial charge is 0.311 e. The molecule has 1 saturated heterocycles. The number of aromatic nitrogens is 1. The fourth-order valence-corrected chi connectivity index (χ4v) is 3.24. The van der Waals surface area contributed by atoms with E-state index in [1.807, 2.05) is 12.3 Å². The molecule has 1 aliphatic heterocycles. The van der Waals surface area contributed by atoms with Crippen LogP contribution in [0.4, 0.5) is 0 Å². The minimum Gasteiger partial charge on any atom is -0.311 e. The third-order valence-corrected chi connectivity index (χ3v) is 4.97. The number of hydrogen-bond acceptors (Lipinski definition) is 3. The molecule has 1 aromatic heterocycles. The van der Waals surface area contributed by atoms with Gasteiger partial charge in [-0.2, -0.15) is 0 Å². The molecule has 2 heterocycles. The molecule has 1 fully saturated rings. The van der Waals surface area contributed by atoms with E-state index in [0.717, 1.165) is 25.4 Å². The molecule has 0 saturated carbocycles. The van der Waals surface area contributed by atoms with Gasteiger partial charge in [-0.05, 0) is 24.0 Å². The highest BCUT2D eigenvalue weighted by molar-refractivity contribution is 5.04. The summed E-state index contributed by atoms with van der Waals surface area (Å²) in [6.45, 7) is 12.7. The predicted octanol–water partition coefficient (Wildman–Crippen LogP) is 2.97. The molecule has 118 valence electrons. The van der Waals surface area contributed by atoms with Gasteiger partial charge in [-0.3, -0.25) is 9.88 Å². The Kier molecular flexibility index (Phi) is 6.19. The molecule has 0 spiro atoms. The lowest BCUT2D eigenvalue weighted by molar-refractivity contribution is 0.0829. The molecule has 0 bridgehead atoms. The number of nitrogens with one attached hydrogen (secondary N) is 1. The van der Waals surface area contributed by atoms with E-state index in [1.54, 1.807) is 0 Å². The van der Waals surface area contributed by atoms with Crippen LogP contribution in [-0.2, 0) is 6.42 Å². The molecular weight excluding hydrogens is 258 g/mol. The van der Waals surface area contributed by atoms with Crippen molar-refractivity contribution in [2.75, 3.05) is 19.6 Å². The van der Waals surface area contributed by atoms with Crippen molar-refractivity contribution >= 4 is 0 Å². The van der Waals surface area contributed by atoms with E-state index in [1.165, 1.54) is 18.7 Å². The first kappa shape index (κ1) is 16.4. The zero-order valence-corrected chi connectivity index (χ0v) is 14.0. The van der Waals surface area contributed by atoms with Gasteiger partial charge in [-0.1, -0.05) is 40.2 Å². The minimum absolute atomic E-state index is 0.633. The number of nitrogens with zero attached hydrogens (tertiary/aromatic N) is 2. The average Bonchev–Trinajstić information content (AvgIpc) is 2.52. The number of hydrogen-bond donors (Lipinski definition) is 1. The molecule has 1 N–H and O–H groups in total. The molecular formula is C18H31N3. The van der Waals surface area contributed by atoms with Crippen LogP contribution in [0.2, 0.25) is 0 Å². The van der Waals surface area contributed by atoms with Crippen LogP contribution in [0.1, 0.15) is 39.8 Å². The first-order valence-corrected chi connectivity index (χ1v) is 8.49. The molecule has 1 aromatic rings. The summed E-state index contributed by atoms with van der Waals surface area (Å²) in [5.74, 6) is 1.44. The van der Waals surface area contributed by atoms with Gasteiger partial charge in [0.25, 0.3) is 0 Å². The Morgan fingerprint density at radius 1 is 1.33 bits per heavy atom. The summed E-state index contributed by atoms with van der Waals surface area (Å²) in [6, 6.07) is 7.49. The Morgan fingerprint density at radius 3 is 2.76 bits per heavy atom. The summed E-state index contributed by atoms with van der Waals surface area (Å²) in [4.78, 5) is 7.15. The van der Waals surface area contributed by atoms with Crippen molar-refractivity contribution in [1.82, 2.24) is 15.2 Å². The van der Waals surface area contributed by atoms with E-state index in [9.17, 15) is 0 Å². The highest BCUT2D eigenvalue weighted by Crippen LogP contribution is 2.20. The molecule has 0 aromatic carbocycles. The van der Waals surface area contributed by atoms with E-state index in [4.69, 9.17) is 0 Å². The number of piperazine rings is 1. The summed E-state index contributed by atoms with van der Waals surface area (Å²) >= 11 is 0. The third kappa shape index (κ3) is 4.52. The van der Waals surface area contributed by atoms with E-state index in [2.05, 4.69) is 55.0 Å². The third-order valence-electron chi connectivity index (χ3n) is 4.97. The van der Waals surface area contributed by atoms with Gasteiger partial charge in [-0.25, -0.2) is 0 Å². The highest BCUT2D eigenvalue weighted by Gasteiger charge is 2.31. The predicted molar refractivity (Wildman–Crippen MR) is 89.4 cm³/mol. The Hall–Kier alpha value is -0.930. The van der Waals surface area contributed by atoms with Crippen LogP contribution < -0.4 is 5.32 Å². The van der Waals surface area contributed by atoms with Gasteiger partial charge in [0.2, 0.25) is 0 Å². The number of pyridine rings is 1. The lowest BCUT2D eigenvalue weighted by atomic mass is 9.92. The summed E-state index contributed by atoms with van der Waals surface area (Å²) in [5.41, 5.74) is 1.21. The van der Waals surface area contributed by atoms with Crippen LogP contribution in [0.25, 0.3) is 0 Å². The van der Waals surface area contributed by atoms with Crippen LogP contribution in [-0.4, -0.2) is 41.6 Å². The van der Waals surface area contributed by atoms with Crippen molar-refractivity contribution in [3.8, 4) is 0 Å². The second-order valence-electron chi connectivity index (χ2n) is 6.78. The maximum Gasteiger partial charge on any atom is 0.0416 e. The Bertz CT molecular complexity index is 404. The number of rotatable bonds is 6. The van der Waals surface area contributed by atoms with Crippen LogP contribution >= 0.6 is 0 Å². The quantitative estimate of drug-likeness (QED) is 0.872. The molecule has 2 rings (SSSR count). The van der Waals surface area contributed by atoms with Crippen LogP contribution in [0.15, 0.2) is 24.4 Å². The molecule has 3 unspecified atom stereocenters. The molecule has 3 heteroatoms. The first-order valence-electron chi connectivity index (χ1n) is 8.49. The van der Waals surface area contributed by atoms with Gasteiger partial charge >= 0.3 is 0 Å². The molecule has 0 aliphatic carbocycles. The Labute approximate surface area is 130 Å². The SMILES string of the molecule is CCC(C)C1CN(CCc2ccccn2)C(C(C)C)CN1. The summed E-state index contributed by atoms with van der Waals surface area (Å²) in [7, 11) is 0. The van der Waals surface area contributed by atoms with Crippen LogP contribution in [0.5, 0.6) is 0 Å². The molecule has 21 heavy (non-hydrogen) atoms. The molecule has 0 amide bonds. The highest BCUT2D eigenvalue weighted by atomic mass is 15.2. The fraction of sp³-hybridized carbons (Fsp3) is 0.722. The minimum atomic E-state index is 0.633. The summed E-state index contributed by atoms with van der Waals surface area (Å²) in [6.07, 6.45) is 4.20. The topological polar surface area (TPSA) is 28.2 Å². The monoisotopic (exact) mass is 289 g/mol. The summed E-state index contributed by atoms with van der Waals surface area (Å²) < 4.78 is 0. The van der Waals surface area contributed by atoms with Gasteiger partial charge < -0.3 is 5.32 Å². The molecule has 0 radical (unpaired) electrons. The second-order valence-corrected chi connectivity index (χ2v) is 6.78. The van der Waals surface area contributed by atoms with E-state index in [-0.39, 0.29) is 0 Å². The van der Waals surface area contributed by atoms with Crippen molar-refractivity contribution in [3.63, 3.8) is 0 Å². The van der Waals surface area contributed by atoms with E-state index >= 15 is 0 Å². The zero-order chi connectivity index (χ0) is 15.2. The van der Waals surface area contributed by atoms with Crippen molar-refractivity contribution in [2.45, 2.75) is 52.6 Å². The summed E-state index contributed by atoms with van der Waals surface area (Å²) in [5, 5.41) is 3.77. The van der Waals surface area contributed by atoms with Gasteiger partial charge in [0.05, 0.1) is 0 Å². The van der Waals surface area contributed by atoms with Crippen molar-refractivity contribution in [3.05, 3.63) is 30.1 Å². The normalized spacial score (nSPS) is 25.2. The van der Waals surface area contributed by atoms with Crippen molar-refractivity contribution < 1.29 is 0 Å². The van der Waals surface area contributed by atoms with Crippen molar-refractivity contribution in [2.24, 2.45) is 11.8 Å². The average molecular weight is 289 g/mol. The Balaban J connectivity index is 1.97. The van der Waals surface area contributed by atoms with Crippen molar-refractivity contribution in [1.29, 1.82) is 0 Å². The van der Waals surface area contributed by atoms with Gasteiger partial charge in [-0.15, -0.1) is 0 Å². The molecule has 3 nitrogen and oxygen atoms in total. The van der Waals surface area contributed by atoms with Gasteiger partial charge in [0.1, 0.15) is 0 Å². The lowest BCUT2D eigenvalue weighted by Gasteiger charge is -2.44. The molecule has 1 aliphatic rings. The smallest absolute Gasteiger partial charge is 0.0416 e.